The number of anilines is 1. The van der Waals surface area contributed by atoms with E-state index in [2.05, 4.69) is 4.90 Å². The van der Waals surface area contributed by atoms with Crippen molar-refractivity contribution < 1.29 is 17.9 Å². The van der Waals surface area contributed by atoms with Crippen LogP contribution in [-0.2, 0) is 14.6 Å². The van der Waals surface area contributed by atoms with Gasteiger partial charge in [0.15, 0.2) is 15.0 Å². The number of hydrogen-bond donors (Lipinski definition) is 0. The second-order valence-electron chi connectivity index (χ2n) is 7.64. The van der Waals surface area contributed by atoms with Gasteiger partial charge in [-0.1, -0.05) is 35.6 Å². The van der Waals surface area contributed by atoms with E-state index in [4.69, 9.17) is 9.72 Å². The van der Waals surface area contributed by atoms with Crippen LogP contribution < -0.4 is 9.64 Å². The molecule has 170 valence electrons. The highest BCUT2D eigenvalue weighted by Gasteiger charge is 2.24. The van der Waals surface area contributed by atoms with Crippen LogP contribution in [0, 0.1) is 0 Å². The Balaban J connectivity index is 1.29. The normalized spacial score (nSPS) is 14.7. The Morgan fingerprint density at radius 3 is 2.53 bits per heavy atom. The van der Waals surface area contributed by atoms with E-state index in [-0.39, 0.29) is 18.1 Å². The van der Waals surface area contributed by atoms with E-state index in [1.165, 1.54) is 0 Å². The van der Waals surface area contributed by atoms with Crippen LogP contribution >= 0.6 is 11.3 Å². The smallest absolute Gasteiger partial charge is 0.222 e. The SMILES string of the molecule is CCOc1cccc2sc(N3CCN(C(=O)CCCS(=O)(=O)c4ccccc4)CC3)nc12. The van der Waals surface area contributed by atoms with Gasteiger partial charge in [0.25, 0.3) is 0 Å². The zero-order valence-electron chi connectivity index (χ0n) is 18.1. The van der Waals surface area contributed by atoms with Gasteiger partial charge in [0.1, 0.15) is 11.3 Å². The van der Waals surface area contributed by atoms with Crippen molar-refractivity contribution >= 4 is 42.4 Å². The molecule has 3 aromatic rings. The van der Waals surface area contributed by atoms with Crippen molar-refractivity contribution in [1.82, 2.24) is 9.88 Å². The number of rotatable bonds is 8. The summed E-state index contributed by atoms with van der Waals surface area (Å²) in [4.78, 5) is 21.7. The van der Waals surface area contributed by atoms with Gasteiger partial charge in [-0.25, -0.2) is 13.4 Å². The quantitative estimate of drug-likeness (QED) is 0.497. The summed E-state index contributed by atoms with van der Waals surface area (Å²) in [6, 6.07) is 14.3. The number of piperazine rings is 1. The number of fused-ring (bicyclic) bond motifs is 1. The van der Waals surface area contributed by atoms with Crippen molar-refractivity contribution in [1.29, 1.82) is 0 Å². The molecule has 1 saturated heterocycles. The van der Waals surface area contributed by atoms with Crippen LogP contribution in [0.4, 0.5) is 5.13 Å². The minimum absolute atomic E-state index is 0.0100. The molecule has 0 saturated carbocycles. The molecule has 1 aromatic heterocycles. The van der Waals surface area contributed by atoms with E-state index in [1.54, 1.807) is 41.7 Å². The molecule has 0 atom stereocenters. The van der Waals surface area contributed by atoms with Gasteiger partial charge in [-0.05, 0) is 37.6 Å². The minimum atomic E-state index is -3.35. The van der Waals surface area contributed by atoms with Gasteiger partial charge < -0.3 is 14.5 Å². The van der Waals surface area contributed by atoms with Crippen molar-refractivity contribution in [2.75, 3.05) is 43.4 Å². The maximum absolute atomic E-state index is 12.6. The summed E-state index contributed by atoms with van der Waals surface area (Å²) in [7, 11) is -3.35. The van der Waals surface area contributed by atoms with Gasteiger partial charge in [0, 0.05) is 32.6 Å². The molecule has 0 bridgehead atoms. The van der Waals surface area contributed by atoms with Gasteiger partial charge >= 0.3 is 0 Å². The first kappa shape index (κ1) is 22.5. The summed E-state index contributed by atoms with van der Waals surface area (Å²) in [5.41, 5.74) is 0.882. The van der Waals surface area contributed by atoms with Crippen LogP contribution in [0.5, 0.6) is 5.75 Å². The van der Waals surface area contributed by atoms with E-state index in [1.807, 2.05) is 30.0 Å². The largest absolute Gasteiger partial charge is 0.492 e. The molecule has 0 N–H and O–H groups in total. The summed E-state index contributed by atoms with van der Waals surface area (Å²) in [6.07, 6.45) is 0.569. The monoisotopic (exact) mass is 473 g/mol. The summed E-state index contributed by atoms with van der Waals surface area (Å²) < 4.78 is 31.5. The van der Waals surface area contributed by atoms with Crippen molar-refractivity contribution in [2.24, 2.45) is 0 Å². The summed E-state index contributed by atoms with van der Waals surface area (Å²) in [5.74, 6) is 0.791. The maximum Gasteiger partial charge on any atom is 0.222 e. The standard InChI is InChI=1S/C23H27N3O4S2/c1-2-30-19-10-6-11-20-22(19)24-23(31-20)26-15-13-25(14-16-26)21(27)12-7-17-32(28,29)18-8-4-3-5-9-18/h3-6,8-11H,2,7,12-17H2,1H3. The first-order chi connectivity index (χ1) is 15.5. The molecule has 1 amide bonds. The highest BCUT2D eigenvalue weighted by atomic mass is 32.2. The minimum Gasteiger partial charge on any atom is -0.492 e. The molecule has 1 aliphatic rings. The van der Waals surface area contributed by atoms with E-state index in [0.717, 1.165) is 21.1 Å². The van der Waals surface area contributed by atoms with E-state index >= 15 is 0 Å². The van der Waals surface area contributed by atoms with Crippen LogP contribution in [0.2, 0.25) is 0 Å². The van der Waals surface area contributed by atoms with Crippen molar-refractivity contribution in [2.45, 2.75) is 24.7 Å². The molecule has 0 unspecified atom stereocenters. The molecule has 1 aliphatic heterocycles. The Bertz CT molecular complexity index is 1170. The molecule has 7 nitrogen and oxygen atoms in total. The average molecular weight is 474 g/mol. The second-order valence-corrected chi connectivity index (χ2v) is 10.8. The average Bonchev–Trinajstić information content (AvgIpc) is 3.25. The molecule has 0 spiro atoms. The van der Waals surface area contributed by atoms with E-state index in [9.17, 15) is 13.2 Å². The molecular weight excluding hydrogens is 446 g/mol. The van der Waals surface area contributed by atoms with E-state index < -0.39 is 9.84 Å². The molecule has 4 rings (SSSR count). The number of carbonyl (C=O) groups excluding carboxylic acids is 1. The number of benzene rings is 2. The third-order valence-corrected chi connectivity index (χ3v) is 8.38. The number of hydrogen-bond acceptors (Lipinski definition) is 7. The van der Waals surface area contributed by atoms with Crippen LogP contribution in [-0.4, -0.2) is 62.7 Å². The topological polar surface area (TPSA) is 79.8 Å². The molecule has 2 heterocycles. The van der Waals surface area contributed by atoms with Crippen LogP contribution in [0.3, 0.4) is 0 Å². The number of aromatic nitrogens is 1. The number of thiazole rings is 1. The van der Waals surface area contributed by atoms with Crippen LogP contribution in [0.25, 0.3) is 10.2 Å². The lowest BCUT2D eigenvalue weighted by Crippen LogP contribution is -2.48. The zero-order chi connectivity index (χ0) is 22.6. The van der Waals surface area contributed by atoms with Gasteiger partial charge in [-0.15, -0.1) is 0 Å². The Labute approximate surface area is 192 Å². The lowest BCUT2D eigenvalue weighted by molar-refractivity contribution is -0.131. The predicted octanol–water partition coefficient (Wildman–Crippen LogP) is 3.60. The fourth-order valence-corrected chi connectivity index (χ4v) is 6.15. The Kier molecular flexibility index (Phi) is 6.95. The molecule has 0 aliphatic carbocycles. The van der Waals surface area contributed by atoms with Crippen LogP contribution in [0.15, 0.2) is 53.4 Å². The van der Waals surface area contributed by atoms with Crippen molar-refractivity contribution in [3.05, 3.63) is 48.5 Å². The Morgan fingerprint density at radius 2 is 1.81 bits per heavy atom. The van der Waals surface area contributed by atoms with Crippen molar-refractivity contribution in [3.63, 3.8) is 0 Å². The summed E-state index contributed by atoms with van der Waals surface area (Å²) in [6.45, 7) is 5.19. The van der Waals surface area contributed by atoms with Gasteiger partial charge in [-0.2, -0.15) is 0 Å². The lowest BCUT2D eigenvalue weighted by atomic mass is 10.2. The highest BCUT2D eigenvalue weighted by molar-refractivity contribution is 7.91. The Morgan fingerprint density at radius 1 is 1.06 bits per heavy atom. The number of nitrogens with zero attached hydrogens (tertiary/aromatic N) is 3. The molecule has 9 heteroatoms. The summed E-state index contributed by atoms with van der Waals surface area (Å²) >= 11 is 1.63. The summed E-state index contributed by atoms with van der Waals surface area (Å²) in [5, 5.41) is 0.938. The van der Waals surface area contributed by atoms with Gasteiger partial charge in [0.2, 0.25) is 5.91 Å². The zero-order valence-corrected chi connectivity index (χ0v) is 19.7. The number of para-hydroxylation sites is 1. The number of amides is 1. The fourth-order valence-electron chi connectivity index (χ4n) is 3.78. The third-order valence-electron chi connectivity index (χ3n) is 5.48. The maximum atomic E-state index is 12.6. The van der Waals surface area contributed by atoms with Gasteiger partial charge in [-0.3, -0.25) is 4.79 Å². The fraction of sp³-hybridized carbons (Fsp3) is 0.391. The van der Waals surface area contributed by atoms with Gasteiger partial charge in [0.05, 0.1) is 22.0 Å². The van der Waals surface area contributed by atoms with E-state index in [0.29, 0.717) is 44.1 Å². The molecule has 1 fully saturated rings. The molecule has 32 heavy (non-hydrogen) atoms. The van der Waals surface area contributed by atoms with Crippen LogP contribution in [0.1, 0.15) is 19.8 Å². The number of ether oxygens (including phenoxy) is 1. The predicted molar refractivity (Wildman–Crippen MR) is 127 cm³/mol. The second kappa shape index (κ2) is 9.87. The highest BCUT2D eigenvalue weighted by Crippen LogP contribution is 2.34. The number of carbonyl (C=O) groups is 1. The Hall–Kier alpha value is -2.65. The van der Waals surface area contributed by atoms with Crippen molar-refractivity contribution in [3.8, 4) is 5.75 Å². The first-order valence-corrected chi connectivity index (χ1v) is 13.3. The molecular formula is C23H27N3O4S2. The third kappa shape index (κ3) is 5.05. The lowest BCUT2D eigenvalue weighted by Gasteiger charge is -2.34. The number of sulfone groups is 1. The molecule has 0 radical (unpaired) electrons. The molecule has 2 aromatic carbocycles. The first-order valence-electron chi connectivity index (χ1n) is 10.8.